The number of nitrogens with zero attached hydrogens (tertiary/aromatic N) is 2. The fraction of sp³-hybridized carbons (Fsp3) is 0.207. The molecule has 2 N–H and O–H groups in total. The van der Waals surface area contributed by atoms with Gasteiger partial charge in [0.2, 0.25) is 5.91 Å². The van der Waals surface area contributed by atoms with Crippen LogP contribution in [0.3, 0.4) is 0 Å². The first-order valence-electron chi connectivity index (χ1n) is 12.1. The summed E-state index contributed by atoms with van der Waals surface area (Å²) in [6.07, 6.45) is -4.76. The molecule has 1 aliphatic rings. The van der Waals surface area contributed by atoms with E-state index in [1.54, 1.807) is 55.4 Å². The van der Waals surface area contributed by atoms with Crippen molar-refractivity contribution < 1.29 is 32.3 Å². The molecule has 1 aliphatic heterocycles. The van der Waals surface area contributed by atoms with Crippen molar-refractivity contribution in [3.8, 4) is 0 Å². The van der Waals surface area contributed by atoms with Crippen molar-refractivity contribution >= 4 is 46.1 Å². The molecule has 1 heterocycles. The molecule has 0 spiro atoms. The van der Waals surface area contributed by atoms with Gasteiger partial charge in [-0.05, 0) is 50.0 Å². The molecule has 0 bridgehead atoms. The lowest BCUT2D eigenvalue weighted by molar-refractivity contribution is -0.137. The number of methoxy groups -OCH3 is 1. The summed E-state index contributed by atoms with van der Waals surface area (Å²) in [5.41, 5.74) is 0.819. The second-order valence-corrected chi connectivity index (χ2v) is 9.37. The summed E-state index contributed by atoms with van der Waals surface area (Å²) in [5.74, 6) is -1.58. The Morgan fingerprint density at radius 1 is 0.950 bits per heavy atom. The Bertz CT molecular complexity index is 1500. The zero-order valence-electron chi connectivity index (χ0n) is 22.2. The first kappa shape index (κ1) is 28.4. The number of halogens is 3. The van der Waals surface area contributed by atoms with Gasteiger partial charge in [-0.25, -0.2) is 4.79 Å². The predicted molar refractivity (Wildman–Crippen MR) is 147 cm³/mol. The predicted octanol–water partition coefficient (Wildman–Crippen LogP) is 4.95. The highest BCUT2D eigenvalue weighted by atomic mass is 19.4. The lowest BCUT2D eigenvalue weighted by Crippen LogP contribution is -2.36. The van der Waals surface area contributed by atoms with Crippen LogP contribution < -0.4 is 15.5 Å². The molecule has 0 aromatic heterocycles. The van der Waals surface area contributed by atoms with Gasteiger partial charge in [-0.3, -0.25) is 9.59 Å². The van der Waals surface area contributed by atoms with E-state index in [-0.39, 0.29) is 34.8 Å². The number of hydrogen-bond acceptors (Lipinski definition) is 6. The number of anilines is 3. The minimum Gasteiger partial charge on any atom is -0.465 e. The van der Waals surface area contributed by atoms with Crippen LogP contribution in [0, 0.1) is 0 Å². The van der Waals surface area contributed by atoms with Crippen LogP contribution in [0.4, 0.5) is 30.2 Å². The number of fused-ring (bicyclic) bond motifs is 1. The Morgan fingerprint density at radius 3 is 2.27 bits per heavy atom. The molecule has 3 aromatic carbocycles. The maximum atomic E-state index is 14.2. The summed E-state index contributed by atoms with van der Waals surface area (Å²) in [6, 6.07) is 16.8. The molecule has 3 aromatic rings. The van der Waals surface area contributed by atoms with Crippen LogP contribution in [0.1, 0.15) is 27.0 Å². The Hall–Kier alpha value is -4.64. The number of likely N-dealkylation sites (N-methyl/N-ethyl adjacent to an activating group) is 2. The summed E-state index contributed by atoms with van der Waals surface area (Å²) in [5, 5.41) is 5.73. The number of carbonyl (C=O) groups excluding carboxylic acids is 3. The molecule has 0 saturated carbocycles. The molecular weight excluding hydrogens is 525 g/mol. The van der Waals surface area contributed by atoms with E-state index in [4.69, 9.17) is 4.74 Å². The molecule has 0 fully saturated rings. The molecule has 11 heteroatoms. The highest BCUT2D eigenvalue weighted by Gasteiger charge is 2.36. The van der Waals surface area contributed by atoms with Crippen LogP contribution in [0.2, 0.25) is 0 Å². The SMILES string of the molecule is COC(=O)c1ccc2c(c1)NC(=O)/C2=C(/Nc1ccc(N(C)C(=O)CN(C)C)c(C(F)(F)F)c1)c1ccccc1. The maximum absolute atomic E-state index is 14.2. The van der Waals surface area contributed by atoms with Gasteiger partial charge in [0, 0.05) is 18.3 Å². The molecule has 4 rings (SSSR count). The van der Waals surface area contributed by atoms with E-state index in [1.165, 1.54) is 38.4 Å². The van der Waals surface area contributed by atoms with Crippen LogP contribution in [0.5, 0.6) is 0 Å². The van der Waals surface area contributed by atoms with Gasteiger partial charge in [0.1, 0.15) is 0 Å². The first-order valence-corrected chi connectivity index (χ1v) is 12.1. The molecule has 208 valence electrons. The van der Waals surface area contributed by atoms with Crippen molar-refractivity contribution in [2.75, 3.05) is 50.3 Å². The van der Waals surface area contributed by atoms with Gasteiger partial charge in [-0.1, -0.05) is 36.4 Å². The second kappa shape index (κ2) is 11.2. The largest absolute Gasteiger partial charge is 0.465 e. The van der Waals surface area contributed by atoms with Crippen molar-refractivity contribution in [3.63, 3.8) is 0 Å². The normalized spacial score (nSPS) is 13.9. The molecule has 8 nitrogen and oxygen atoms in total. The fourth-order valence-corrected chi connectivity index (χ4v) is 4.34. The highest BCUT2D eigenvalue weighted by molar-refractivity contribution is 6.37. The number of rotatable bonds is 7. The van der Waals surface area contributed by atoms with Crippen LogP contribution in [-0.2, 0) is 20.5 Å². The Kier molecular flexibility index (Phi) is 7.96. The topological polar surface area (TPSA) is 91.0 Å². The average Bonchev–Trinajstić information content (AvgIpc) is 3.24. The summed E-state index contributed by atoms with van der Waals surface area (Å²) in [4.78, 5) is 40.2. The van der Waals surface area contributed by atoms with Crippen molar-refractivity contribution in [2.24, 2.45) is 0 Å². The summed E-state index contributed by atoms with van der Waals surface area (Å²) >= 11 is 0. The van der Waals surface area contributed by atoms with Crippen LogP contribution in [0.25, 0.3) is 11.3 Å². The van der Waals surface area contributed by atoms with E-state index in [2.05, 4.69) is 10.6 Å². The molecule has 0 saturated heterocycles. The lowest BCUT2D eigenvalue weighted by atomic mass is 9.98. The third-order valence-corrected chi connectivity index (χ3v) is 6.26. The average molecular weight is 553 g/mol. The number of carbonyl (C=O) groups is 3. The van der Waals surface area contributed by atoms with E-state index < -0.39 is 29.5 Å². The van der Waals surface area contributed by atoms with E-state index in [0.29, 0.717) is 16.8 Å². The molecule has 0 unspecified atom stereocenters. The minimum atomic E-state index is -4.76. The lowest BCUT2D eigenvalue weighted by Gasteiger charge is -2.24. The number of nitrogens with one attached hydrogen (secondary N) is 2. The molecule has 0 aliphatic carbocycles. The molecule has 2 amide bonds. The summed E-state index contributed by atoms with van der Waals surface area (Å²) in [7, 11) is 5.84. The van der Waals surface area contributed by atoms with Crippen molar-refractivity contribution in [3.05, 3.63) is 89.0 Å². The van der Waals surface area contributed by atoms with Crippen LogP contribution in [0.15, 0.2) is 66.7 Å². The Morgan fingerprint density at radius 2 is 1.65 bits per heavy atom. The summed E-state index contributed by atoms with van der Waals surface area (Å²) in [6.45, 7) is -0.0652. The summed E-state index contributed by atoms with van der Waals surface area (Å²) < 4.78 is 47.3. The van der Waals surface area contributed by atoms with E-state index in [9.17, 15) is 27.6 Å². The van der Waals surface area contributed by atoms with E-state index in [1.807, 2.05) is 0 Å². The van der Waals surface area contributed by atoms with Gasteiger partial charge >= 0.3 is 12.1 Å². The fourth-order valence-electron chi connectivity index (χ4n) is 4.34. The second-order valence-electron chi connectivity index (χ2n) is 9.37. The number of benzene rings is 3. The van der Waals surface area contributed by atoms with Gasteiger partial charge in [-0.2, -0.15) is 13.2 Å². The zero-order valence-corrected chi connectivity index (χ0v) is 22.2. The van der Waals surface area contributed by atoms with Crippen molar-refractivity contribution in [1.29, 1.82) is 0 Å². The van der Waals surface area contributed by atoms with Crippen molar-refractivity contribution in [2.45, 2.75) is 6.18 Å². The molecule has 0 atom stereocenters. The quantitative estimate of drug-likeness (QED) is 0.319. The number of ether oxygens (including phenoxy) is 1. The standard InChI is InChI=1S/C29H27F3N4O4/c1-35(2)16-24(37)36(3)23-13-11-19(15-21(23)29(30,31)32)33-26(17-8-6-5-7-9-17)25-20-12-10-18(28(39)40-4)14-22(20)34-27(25)38/h5-15,33H,16H2,1-4H3,(H,34,38)/b26-25+. The third-order valence-electron chi connectivity index (χ3n) is 6.26. The van der Waals surface area contributed by atoms with Crippen molar-refractivity contribution in [1.82, 2.24) is 4.90 Å². The zero-order chi connectivity index (χ0) is 29.2. The number of esters is 1. The highest BCUT2D eigenvalue weighted by Crippen LogP contribution is 2.41. The van der Waals surface area contributed by atoms with E-state index in [0.717, 1.165) is 11.0 Å². The van der Waals surface area contributed by atoms with Gasteiger partial charge in [0.25, 0.3) is 5.91 Å². The number of hydrogen-bond donors (Lipinski definition) is 2. The van der Waals surface area contributed by atoms with Gasteiger partial charge < -0.3 is 25.2 Å². The smallest absolute Gasteiger partial charge is 0.418 e. The monoisotopic (exact) mass is 552 g/mol. The maximum Gasteiger partial charge on any atom is 0.418 e. The van der Waals surface area contributed by atoms with Gasteiger partial charge in [-0.15, -0.1) is 0 Å². The molecule has 40 heavy (non-hydrogen) atoms. The third kappa shape index (κ3) is 5.84. The van der Waals surface area contributed by atoms with Crippen LogP contribution in [-0.4, -0.2) is 57.5 Å². The number of alkyl halides is 3. The molecule has 0 radical (unpaired) electrons. The van der Waals surface area contributed by atoms with E-state index >= 15 is 0 Å². The Balaban J connectivity index is 1.83. The molecular formula is C29H27F3N4O4. The van der Waals surface area contributed by atoms with Gasteiger partial charge in [0.15, 0.2) is 0 Å². The number of amides is 2. The first-order chi connectivity index (χ1) is 18.9. The van der Waals surface area contributed by atoms with Crippen LogP contribution >= 0.6 is 0 Å². The van der Waals surface area contributed by atoms with Gasteiger partial charge in [0.05, 0.1) is 47.4 Å². The Labute approximate surface area is 229 Å². The minimum absolute atomic E-state index is 0.0586.